The van der Waals surface area contributed by atoms with Crippen LogP contribution in [0.15, 0.2) is 23.3 Å². The van der Waals surface area contributed by atoms with Crippen LogP contribution in [-0.4, -0.2) is 37.6 Å². The first-order valence-electron chi connectivity index (χ1n) is 7.98. The number of aromatic nitrogens is 1. The van der Waals surface area contributed by atoms with Crippen LogP contribution in [-0.2, 0) is 6.54 Å². The zero-order valence-electron chi connectivity index (χ0n) is 13.6. The van der Waals surface area contributed by atoms with Crippen LogP contribution in [0.25, 0.3) is 0 Å². The molecule has 0 unspecified atom stereocenters. The highest BCUT2D eigenvalue weighted by Crippen LogP contribution is 2.18. The predicted octanol–water partition coefficient (Wildman–Crippen LogP) is 2.76. The summed E-state index contributed by atoms with van der Waals surface area (Å²) in [7, 11) is 1.80. The minimum atomic E-state index is 0. The Labute approximate surface area is 151 Å². The van der Waals surface area contributed by atoms with Gasteiger partial charge in [0.15, 0.2) is 5.96 Å². The number of guanidine groups is 1. The molecule has 1 fully saturated rings. The zero-order chi connectivity index (χ0) is 14.9. The summed E-state index contributed by atoms with van der Waals surface area (Å²) < 4.78 is 0. The fourth-order valence-electron chi connectivity index (χ4n) is 2.52. The first-order chi connectivity index (χ1) is 10.3. The van der Waals surface area contributed by atoms with Gasteiger partial charge in [-0.2, -0.15) is 0 Å². The number of halogens is 1. The molecule has 5 nitrogen and oxygen atoms in total. The highest BCUT2D eigenvalue weighted by Gasteiger charge is 2.12. The molecule has 0 aromatic carbocycles. The summed E-state index contributed by atoms with van der Waals surface area (Å²) in [6.45, 7) is 6.11. The minimum absolute atomic E-state index is 0. The van der Waals surface area contributed by atoms with E-state index in [4.69, 9.17) is 0 Å². The van der Waals surface area contributed by atoms with Crippen LogP contribution >= 0.6 is 24.0 Å². The standard InChI is InChI=1S/C16H27N5.HI/c1-3-8-19-16(17-2)20-13-14-7-9-18-15(12-14)21-10-5-4-6-11-21;/h7,9,12H,3-6,8,10-11,13H2,1-2H3,(H2,17,19,20);1H. The van der Waals surface area contributed by atoms with Crippen molar-refractivity contribution in [1.82, 2.24) is 15.6 Å². The second kappa shape index (κ2) is 10.6. The molecule has 2 N–H and O–H groups in total. The van der Waals surface area contributed by atoms with E-state index >= 15 is 0 Å². The van der Waals surface area contributed by atoms with Gasteiger partial charge in [0, 0.05) is 39.4 Å². The molecule has 124 valence electrons. The molecule has 1 aliphatic heterocycles. The molecule has 1 aromatic rings. The Morgan fingerprint density at radius 3 is 2.73 bits per heavy atom. The van der Waals surface area contributed by atoms with Crippen LogP contribution in [0.5, 0.6) is 0 Å². The molecule has 1 aliphatic rings. The van der Waals surface area contributed by atoms with Crippen LogP contribution in [0.1, 0.15) is 38.2 Å². The quantitative estimate of drug-likeness (QED) is 0.440. The molecule has 0 radical (unpaired) electrons. The largest absolute Gasteiger partial charge is 0.357 e. The molecule has 0 spiro atoms. The lowest BCUT2D eigenvalue weighted by molar-refractivity contribution is 0.573. The van der Waals surface area contributed by atoms with E-state index in [1.807, 2.05) is 6.20 Å². The third kappa shape index (κ3) is 5.98. The Kier molecular flexibility index (Phi) is 9.19. The van der Waals surface area contributed by atoms with Crippen LogP contribution in [0.3, 0.4) is 0 Å². The fourth-order valence-corrected chi connectivity index (χ4v) is 2.52. The van der Waals surface area contributed by atoms with Gasteiger partial charge in [-0.15, -0.1) is 24.0 Å². The number of hydrogen-bond acceptors (Lipinski definition) is 3. The Balaban J connectivity index is 0.00000242. The van der Waals surface area contributed by atoms with Gasteiger partial charge in [0.1, 0.15) is 5.82 Å². The maximum Gasteiger partial charge on any atom is 0.191 e. The van der Waals surface area contributed by atoms with Gasteiger partial charge in [-0.25, -0.2) is 4.98 Å². The predicted molar refractivity (Wildman–Crippen MR) is 104 cm³/mol. The van der Waals surface area contributed by atoms with Crippen molar-refractivity contribution in [1.29, 1.82) is 0 Å². The van der Waals surface area contributed by atoms with Gasteiger partial charge in [0.2, 0.25) is 0 Å². The lowest BCUT2D eigenvalue weighted by Crippen LogP contribution is -2.37. The average Bonchev–Trinajstić information content (AvgIpc) is 2.56. The van der Waals surface area contributed by atoms with Crippen molar-refractivity contribution in [3.63, 3.8) is 0 Å². The molecule has 2 rings (SSSR count). The van der Waals surface area contributed by atoms with Crippen molar-refractivity contribution in [3.05, 3.63) is 23.9 Å². The molecule has 22 heavy (non-hydrogen) atoms. The molecule has 2 heterocycles. The number of nitrogens with zero attached hydrogens (tertiary/aromatic N) is 3. The van der Waals surface area contributed by atoms with Gasteiger partial charge in [-0.1, -0.05) is 6.92 Å². The highest BCUT2D eigenvalue weighted by molar-refractivity contribution is 14.0. The summed E-state index contributed by atoms with van der Waals surface area (Å²) >= 11 is 0. The van der Waals surface area contributed by atoms with E-state index in [9.17, 15) is 0 Å². The number of hydrogen-bond donors (Lipinski definition) is 2. The third-order valence-corrected chi connectivity index (χ3v) is 3.72. The van der Waals surface area contributed by atoms with Gasteiger partial charge in [-0.3, -0.25) is 4.99 Å². The highest BCUT2D eigenvalue weighted by atomic mass is 127. The summed E-state index contributed by atoms with van der Waals surface area (Å²) in [5.41, 5.74) is 1.24. The van der Waals surface area contributed by atoms with Crippen LogP contribution in [0, 0.1) is 0 Å². The van der Waals surface area contributed by atoms with Crippen LogP contribution in [0.2, 0.25) is 0 Å². The number of pyridine rings is 1. The molecular weight excluding hydrogens is 389 g/mol. The first kappa shape index (κ1) is 19.0. The number of rotatable bonds is 5. The second-order valence-electron chi connectivity index (χ2n) is 5.42. The van der Waals surface area contributed by atoms with Crippen LogP contribution in [0.4, 0.5) is 5.82 Å². The van der Waals surface area contributed by atoms with Crippen LogP contribution < -0.4 is 15.5 Å². The number of nitrogens with one attached hydrogen (secondary N) is 2. The first-order valence-corrected chi connectivity index (χ1v) is 7.98. The van der Waals surface area contributed by atoms with E-state index in [0.29, 0.717) is 0 Å². The molecule has 0 aliphatic carbocycles. The van der Waals surface area contributed by atoms with Gasteiger partial charge >= 0.3 is 0 Å². The van der Waals surface area contributed by atoms with Gasteiger partial charge in [0.05, 0.1) is 0 Å². The Morgan fingerprint density at radius 2 is 2.05 bits per heavy atom. The summed E-state index contributed by atoms with van der Waals surface area (Å²) in [5, 5.41) is 6.62. The molecule has 0 amide bonds. The summed E-state index contributed by atoms with van der Waals surface area (Å²) in [5.74, 6) is 1.96. The molecular formula is C16H28IN5. The zero-order valence-corrected chi connectivity index (χ0v) is 16.0. The van der Waals surface area contributed by atoms with Gasteiger partial charge < -0.3 is 15.5 Å². The summed E-state index contributed by atoms with van der Waals surface area (Å²) in [6.07, 6.45) is 6.89. The van der Waals surface area contributed by atoms with Crippen molar-refractivity contribution in [3.8, 4) is 0 Å². The SMILES string of the molecule is CCCNC(=NC)NCc1ccnc(N2CCCCC2)c1.I. The Morgan fingerprint density at radius 1 is 1.27 bits per heavy atom. The van der Waals surface area contributed by atoms with Gasteiger partial charge in [0.25, 0.3) is 0 Å². The van der Waals surface area contributed by atoms with E-state index in [0.717, 1.165) is 44.4 Å². The summed E-state index contributed by atoms with van der Waals surface area (Å²) in [6, 6.07) is 4.25. The number of piperidine rings is 1. The fraction of sp³-hybridized carbons (Fsp3) is 0.625. The van der Waals surface area contributed by atoms with E-state index in [1.54, 1.807) is 7.05 Å². The lowest BCUT2D eigenvalue weighted by Gasteiger charge is -2.28. The van der Waals surface area contributed by atoms with E-state index in [-0.39, 0.29) is 24.0 Å². The number of aliphatic imine (C=N–C) groups is 1. The Bertz CT molecular complexity index is 458. The van der Waals surface area contributed by atoms with E-state index in [1.165, 1.54) is 24.8 Å². The maximum atomic E-state index is 4.51. The van der Waals surface area contributed by atoms with Crippen molar-refractivity contribution in [2.75, 3.05) is 31.6 Å². The van der Waals surface area contributed by atoms with Crippen molar-refractivity contribution >= 4 is 35.8 Å². The molecule has 0 saturated carbocycles. The average molecular weight is 417 g/mol. The molecule has 1 aromatic heterocycles. The number of anilines is 1. The smallest absolute Gasteiger partial charge is 0.191 e. The van der Waals surface area contributed by atoms with E-state index < -0.39 is 0 Å². The van der Waals surface area contributed by atoms with E-state index in [2.05, 4.69) is 44.6 Å². The topological polar surface area (TPSA) is 52.6 Å². The maximum absolute atomic E-state index is 4.51. The molecule has 0 atom stereocenters. The minimum Gasteiger partial charge on any atom is -0.357 e. The monoisotopic (exact) mass is 417 g/mol. The Hall–Kier alpha value is -1.05. The van der Waals surface area contributed by atoms with Crippen molar-refractivity contribution < 1.29 is 0 Å². The summed E-state index contributed by atoms with van der Waals surface area (Å²) in [4.78, 5) is 11.1. The normalized spacial score (nSPS) is 15.2. The van der Waals surface area contributed by atoms with Gasteiger partial charge in [-0.05, 0) is 43.4 Å². The molecule has 1 saturated heterocycles. The lowest BCUT2D eigenvalue weighted by atomic mass is 10.1. The third-order valence-electron chi connectivity index (χ3n) is 3.72. The van der Waals surface area contributed by atoms with Crippen molar-refractivity contribution in [2.45, 2.75) is 39.2 Å². The second-order valence-corrected chi connectivity index (χ2v) is 5.42. The molecule has 6 heteroatoms. The van der Waals surface area contributed by atoms with Crippen molar-refractivity contribution in [2.24, 2.45) is 4.99 Å². The molecule has 0 bridgehead atoms.